The van der Waals surface area contributed by atoms with E-state index in [-0.39, 0.29) is 6.04 Å². The minimum absolute atomic E-state index is 0.232. The SMILES string of the molecule is CCc1ccc(C(C)NC(=O)C(=O)NCc2cccc(CN)c2)cc1. The van der Waals surface area contributed by atoms with Gasteiger partial charge in [-0.15, -0.1) is 0 Å². The molecule has 0 fully saturated rings. The predicted molar refractivity (Wildman–Crippen MR) is 98.6 cm³/mol. The molecule has 4 N–H and O–H groups in total. The smallest absolute Gasteiger partial charge is 0.309 e. The van der Waals surface area contributed by atoms with E-state index in [9.17, 15) is 9.59 Å². The van der Waals surface area contributed by atoms with E-state index in [0.717, 1.165) is 23.1 Å². The first-order valence-corrected chi connectivity index (χ1v) is 8.49. The second-order valence-electron chi connectivity index (χ2n) is 6.00. The van der Waals surface area contributed by atoms with Gasteiger partial charge in [0.1, 0.15) is 0 Å². The zero-order valence-electron chi connectivity index (χ0n) is 14.7. The average Bonchev–Trinajstić information content (AvgIpc) is 2.66. The molecule has 2 rings (SSSR count). The van der Waals surface area contributed by atoms with Gasteiger partial charge in [-0.3, -0.25) is 9.59 Å². The first-order valence-electron chi connectivity index (χ1n) is 8.49. The van der Waals surface area contributed by atoms with Crippen LogP contribution in [0, 0.1) is 0 Å². The largest absolute Gasteiger partial charge is 0.344 e. The summed E-state index contributed by atoms with van der Waals surface area (Å²) in [5.41, 5.74) is 9.70. The molecular weight excluding hydrogens is 314 g/mol. The molecule has 0 aliphatic rings. The Kier molecular flexibility index (Phi) is 6.71. The van der Waals surface area contributed by atoms with Crippen molar-refractivity contribution in [2.75, 3.05) is 0 Å². The van der Waals surface area contributed by atoms with Gasteiger partial charge in [0.05, 0.1) is 6.04 Å². The lowest BCUT2D eigenvalue weighted by Gasteiger charge is -2.14. The molecule has 0 heterocycles. The molecule has 1 unspecified atom stereocenters. The van der Waals surface area contributed by atoms with Gasteiger partial charge in [-0.1, -0.05) is 55.5 Å². The second-order valence-corrected chi connectivity index (χ2v) is 6.00. The summed E-state index contributed by atoms with van der Waals surface area (Å²) in [4.78, 5) is 24.0. The first kappa shape index (κ1) is 18.7. The van der Waals surface area contributed by atoms with E-state index in [4.69, 9.17) is 5.73 Å². The van der Waals surface area contributed by atoms with Gasteiger partial charge in [-0.2, -0.15) is 0 Å². The van der Waals surface area contributed by atoms with Crippen LogP contribution >= 0.6 is 0 Å². The molecule has 1 atom stereocenters. The maximum absolute atomic E-state index is 12.1. The van der Waals surface area contributed by atoms with Crippen LogP contribution in [0.3, 0.4) is 0 Å². The van der Waals surface area contributed by atoms with Crippen LogP contribution in [0.25, 0.3) is 0 Å². The Balaban J connectivity index is 1.87. The lowest BCUT2D eigenvalue weighted by Crippen LogP contribution is -2.40. The van der Waals surface area contributed by atoms with E-state index in [1.54, 1.807) is 0 Å². The van der Waals surface area contributed by atoms with Crippen LogP contribution < -0.4 is 16.4 Å². The van der Waals surface area contributed by atoms with Gasteiger partial charge >= 0.3 is 11.8 Å². The van der Waals surface area contributed by atoms with Gasteiger partial charge in [0, 0.05) is 13.1 Å². The molecule has 0 spiro atoms. The number of nitrogens with two attached hydrogens (primary N) is 1. The zero-order chi connectivity index (χ0) is 18.2. The van der Waals surface area contributed by atoms with Crippen molar-refractivity contribution in [2.45, 2.75) is 39.4 Å². The lowest BCUT2D eigenvalue weighted by atomic mass is 10.0. The lowest BCUT2D eigenvalue weighted by molar-refractivity contribution is -0.139. The van der Waals surface area contributed by atoms with Crippen LogP contribution in [-0.2, 0) is 29.1 Å². The highest BCUT2D eigenvalue weighted by atomic mass is 16.2. The van der Waals surface area contributed by atoms with E-state index < -0.39 is 11.8 Å². The van der Waals surface area contributed by atoms with Crippen molar-refractivity contribution in [2.24, 2.45) is 5.73 Å². The Morgan fingerprint density at radius 2 is 1.68 bits per heavy atom. The third-order valence-corrected chi connectivity index (χ3v) is 4.12. The third-order valence-electron chi connectivity index (χ3n) is 4.12. The molecule has 0 radical (unpaired) electrons. The van der Waals surface area contributed by atoms with Crippen LogP contribution in [0.4, 0.5) is 0 Å². The maximum atomic E-state index is 12.1. The van der Waals surface area contributed by atoms with E-state index in [1.807, 2.05) is 55.5 Å². The predicted octanol–water partition coefficient (Wildman–Crippen LogP) is 2.20. The molecule has 2 amide bonds. The molecule has 132 valence electrons. The normalized spacial score (nSPS) is 11.6. The van der Waals surface area contributed by atoms with E-state index in [1.165, 1.54) is 5.56 Å². The monoisotopic (exact) mass is 339 g/mol. The molecular formula is C20H25N3O2. The molecule has 25 heavy (non-hydrogen) atoms. The fourth-order valence-corrected chi connectivity index (χ4v) is 2.52. The van der Waals surface area contributed by atoms with Crippen LogP contribution in [0.1, 0.15) is 42.1 Å². The minimum Gasteiger partial charge on any atom is -0.344 e. The van der Waals surface area contributed by atoms with Gasteiger partial charge in [0.15, 0.2) is 0 Å². The van der Waals surface area contributed by atoms with Gasteiger partial charge in [0.25, 0.3) is 0 Å². The number of nitrogens with one attached hydrogen (secondary N) is 2. The van der Waals surface area contributed by atoms with Crippen molar-refractivity contribution in [3.63, 3.8) is 0 Å². The summed E-state index contributed by atoms with van der Waals surface area (Å²) in [6, 6.07) is 15.4. The maximum Gasteiger partial charge on any atom is 0.309 e. The number of rotatable bonds is 6. The molecule has 0 aliphatic carbocycles. The number of amides is 2. The molecule has 2 aromatic rings. The Morgan fingerprint density at radius 1 is 1.00 bits per heavy atom. The molecule has 2 aromatic carbocycles. The second kappa shape index (κ2) is 8.99. The van der Waals surface area contributed by atoms with Crippen molar-refractivity contribution in [1.29, 1.82) is 0 Å². The molecule has 0 bridgehead atoms. The number of hydrogen-bond acceptors (Lipinski definition) is 3. The summed E-state index contributed by atoms with van der Waals surface area (Å²) in [6.07, 6.45) is 0.967. The average molecular weight is 339 g/mol. The van der Waals surface area contributed by atoms with Gasteiger partial charge < -0.3 is 16.4 Å². The van der Waals surface area contributed by atoms with Crippen molar-refractivity contribution >= 4 is 11.8 Å². The number of aryl methyl sites for hydroxylation is 1. The number of carbonyl (C=O) groups is 2. The van der Waals surface area contributed by atoms with Crippen LogP contribution in [0.5, 0.6) is 0 Å². The topological polar surface area (TPSA) is 84.2 Å². The highest BCUT2D eigenvalue weighted by molar-refractivity contribution is 6.35. The Bertz CT molecular complexity index is 726. The van der Waals surface area contributed by atoms with Crippen molar-refractivity contribution in [1.82, 2.24) is 10.6 Å². The fourth-order valence-electron chi connectivity index (χ4n) is 2.52. The third kappa shape index (κ3) is 5.43. The quantitative estimate of drug-likeness (QED) is 0.706. The summed E-state index contributed by atoms with van der Waals surface area (Å²) in [6.45, 7) is 4.68. The Labute approximate surface area is 148 Å². The highest BCUT2D eigenvalue weighted by Gasteiger charge is 2.16. The van der Waals surface area contributed by atoms with Crippen molar-refractivity contribution < 1.29 is 9.59 Å². The van der Waals surface area contributed by atoms with Gasteiger partial charge in [0.2, 0.25) is 0 Å². The van der Waals surface area contributed by atoms with Crippen LogP contribution in [0.15, 0.2) is 48.5 Å². The van der Waals surface area contributed by atoms with E-state index in [0.29, 0.717) is 13.1 Å². The fraction of sp³-hybridized carbons (Fsp3) is 0.300. The van der Waals surface area contributed by atoms with Crippen LogP contribution in [-0.4, -0.2) is 11.8 Å². The zero-order valence-corrected chi connectivity index (χ0v) is 14.7. The summed E-state index contributed by atoms with van der Waals surface area (Å²) < 4.78 is 0. The number of carbonyl (C=O) groups excluding carboxylic acids is 2. The first-order chi connectivity index (χ1) is 12.0. The minimum atomic E-state index is -0.643. The molecule has 0 aromatic heterocycles. The Morgan fingerprint density at radius 3 is 2.32 bits per heavy atom. The number of hydrogen-bond donors (Lipinski definition) is 3. The summed E-state index contributed by atoms with van der Waals surface area (Å²) in [7, 11) is 0. The highest BCUT2D eigenvalue weighted by Crippen LogP contribution is 2.13. The molecule has 0 saturated carbocycles. The summed E-state index contributed by atoms with van der Waals surface area (Å²) in [5, 5.41) is 5.35. The standard InChI is InChI=1S/C20H25N3O2/c1-3-15-7-9-18(10-8-15)14(2)23-20(25)19(24)22-13-17-6-4-5-16(11-17)12-21/h4-11,14H,3,12-13,21H2,1-2H3,(H,22,24)(H,23,25). The van der Waals surface area contributed by atoms with Gasteiger partial charge in [-0.25, -0.2) is 0 Å². The van der Waals surface area contributed by atoms with Crippen molar-refractivity contribution in [3.8, 4) is 0 Å². The van der Waals surface area contributed by atoms with Crippen molar-refractivity contribution in [3.05, 3.63) is 70.8 Å². The van der Waals surface area contributed by atoms with E-state index >= 15 is 0 Å². The Hall–Kier alpha value is -2.66. The van der Waals surface area contributed by atoms with Crippen LogP contribution in [0.2, 0.25) is 0 Å². The van der Waals surface area contributed by atoms with Gasteiger partial charge in [-0.05, 0) is 35.6 Å². The summed E-state index contributed by atoms with van der Waals surface area (Å²) >= 11 is 0. The molecule has 0 aliphatic heterocycles. The summed E-state index contributed by atoms with van der Waals surface area (Å²) in [5.74, 6) is -1.28. The molecule has 5 nitrogen and oxygen atoms in total. The number of benzene rings is 2. The molecule has 5 heteroatoms. The molecule has 0 saturated heterocycles. The van der Waals surface area contributed by atoms with E-state index in [2.05, 4.69) is 17.6 Å².